The summed E-state index contributed by atoms with van der Waals surface area (Å²) in [5.41, 5.74) is 7.41. The van der Waals surface area contributed by atoms with Gasteiger partial charge in [-0.15, -0.1) is 0 Å². The Labute approximate surface area is 101 Å². The third kappa shape index (κ3) is 1.91. The molecule has 0 atom stereocenters. The molecular formula is C10H8Cl2FN3. The zero-order valence-electron chi connectivity index (χ0n) is 8.10. The van der Waals surface area contributed by atoms with E-state index in [-0.39, 0.29) is 5.02 Å². The summed E-state index contributed by atoms with van der Waals surface area (Å²) in [6.45, 7) is 0.298. The van der Waals surface area contributed by atoms with E-state index < -0.39 is 5.82 Å². The molecule has 0 unspecified atom stereocenters. The molecule has 6 heteroatoms. The van der Waals surface area contributed by atoms with Crippen LogP contribution < -0.4 is 5.73 Å². The van der Waals surface area contributed by atoms with Crippen LogP contribution in [0.2, 0.25) is 10.0 Å². The van der Waals surface area contributed by atoms with Crippen LogP contribution in [0.5, 0.6) is 0 Å². The highest BCUT2D eigenvalue weighted by Crippen LogP contribution is 2.32. The second-order valence-corrected chi connectivity index (χ2v) is 4.03. The molecule has 1 aromatic carbocycles. The second kappa shape index (κ2) is 4.41. The maximum absolute atomic E-state index is 13.3. The van der Waals surface area contributed by atoms with Gasteiger partial charge in [-0.05, 0) is 12.1 Å². The van der Waals surface area contributed by atoms with Crippen LogP contribution in [0, 0.1) is 5.82 Å². The van der Waals surface area contributed by atoms with Crippen molar-refractivity contribution in [2.75, 3.05) is 0 Å². The fraction of sp³-hybridized carbons (Fsp3) is 0.100. The first-order valence-corrected chi connectivity index (χ1v) is 5.26. The van der Waals surface area contributed by atoms with E-state index in [4.69, 9.17) is 28.9 Å². The van der Waals surface area contributed by atoms with Gasteiger partial charge in [-0.25, -0.2) is 4.39 Å². The Morgan fingerprint density at radius 1 is 1.31 bits per heavy atom. The molecule has 2 rings (SSSR count). The fourth-order valence-electron chi connectivity index (χ4n) is 1.41. The van der Waals surface area contributed by atoms with Crippen molar-refractivity contribution < 1.29 is 4.39 Å². The molecule has 3 N–H and O–H groups in total. The average Bonchev–Trinajstić information content (AvgIpc) is 2.71. The van der Waals surface area contributed by atoms with Gasteiger partial charge >= 0.3 is 0 Å². The van der Waals surface area contributed by atoms with Crippen molar-refractivity contribution in [3.63, 3.8) is 0 Å². The standard InChI is InChI=1S/C10H8Cl2FN3/c11-7-2-8(12)9(13)1-6(7)10-5(3-14)4-15-16-10/h1-2,4H,3,14H2,(H,15,16). The highest BCUT2D eigenvalue weighted by atomic mass is 35.5. The predicted molar refractivity (Wildman–Crippen MR) is 61.9 cm³/mol. The third-order valence-electron chi connectivity index (χ3n) is 2.22. The van der Waals surface area contributed by atoms with Crippen molar-refractivity contribution in [3.05, 3.63) is 39.8 Å². The SMILES string of the molecule is NCc1cn[nH]c1-c1cc(F)c(Cl)cc1Cl. The molecule has 84 valence electrons. The predicted octanol–water partition coefficient (Wildman–Crippen LogP) is 2.98. The van der Waals surface area contributed by atoms with Crippen LogP contribution in [0.15, 0.2) is 18.3 Å². The molecule has 0 saturated carbocycles. The summed E-state index contributed by atoms with van der Waals surface area (Å²) < 4.78 is 13.3. The number of nitrogens with one attached hydrogen (secondary N) is 1. The maximum Gasteiger partial charge on any atom is 0.142 e. The van der Waals surface area contributed by atoms with Crippen LogP contribution in [0.1, 0.15) is 5.56 Å². The maximum atomic E-state index is 13.3. The molecule has 0 saturated heterocycles. The van der Waals surface area contributed by atoms with Crippen molar-refractivity contribution in [1.29, 1.82) is 0 Å². The number of nitrogens with two attached hydrogens (primary N) is 1. The molecule has 1 aromatic heterocycles. The van der Waals surface area contributed by atoms with Crippen molar-refractivity contribution in [3.8, 4) is 11.3 Å². The average molecular weight is 260 g/mol. The molecule has 0 fully saturated rings. The Hall–Kier alpha value is -1.10. The van der Waals surface area contributed by atoms with E-state index in [9.17, 15) is 4.39 Å². The van der Waals surface area contributed by atoms with E-state index in [0.717, 1.165) is 5.56 Å². The molecule has 0 aliphatic heterocycles. The molecule has 0 amide bonds. The van der Waals surface area contributed by atoms with Crippen molar-refractivity contribution >= 4 is 23.2 Å². The van der Waals surface area contributed by atoms with Crippen LogP contribution in [-0.2, 0) is 6.54 Å². The number of H-pyrrole nitrogens is 1. The summed E-state index contributed by atoms with van der Waals surface area (Å²) >= 11 is 11.6. The van der Waals surface area contributed by atoms with E-state index in [1.54, 1.807) is 6.20 Å². The Morgan fingerprint density at radius 2 is 2.06 bits per heavy atom. The van der Waals surface area contributed by atoms with E-state index in [0.29, 0.717) is 22.8 Å². The minimum atomic E-state index is -0.529. The Kier molecular flexibility index (Phi) is 3.14. The lowest BCUT2D eigenvalue weighted by Crippen LogP contribution is -1.97. The van der Waals surface area contributed by atoms with Crippen molar-refractivity contribution in [1.82, 2.24) is 10.2 Å². The normalized spacial score (nSPS) is 10.8. The molecule has 0 bridgehead atoms. The van der Waals surface area contributed by atoms with Gasteiger partial charge in [0.05, 0.1) is 21.9 Å². The lowest BCUT2D eigenvalue weighted by molar-refractivity contribution is 0.628. The summed E-state index contributed by atoms with van der Waals surface area (Å²) in [7, 11) is 0. The number of benzene rings is 1. The van der Waals surface area contributed by atoms with Gasteiger partial charge in [-0.2, -0.15) is 5.10 Å². The number of aromatic amines is 1. The summed E-state index contributed by atoms with van der Waals surface area (Å²) in [4.78, 5) is 0. The molecule has 1 heterocycles. The Morgan fingerprint density at radius 3 is 2.75 bits per heavy atom. The highest BCUT2D eigenvalue weighted by Gasteiger charge is 2.13. The Bertz CT molecular complexity index is 525. The quantitative estimate of drug-likeness (QED) is 0.815. The molecule has 0 radical (unpaired) electrons. The zero-order chi connectivity index (χ0) is 11.7. The van der Waals surface area contributed by atoms with Gasteiger partial charge in [0.1, 0.15) is 5.82 Å². The van der Waals surface area contributed by atoms with Gasteiger partial charge in [0.15, 0.2) is 0 Å². The fourth-order valence-corrected chi connectivity index (χ4v) is 1.89. The minimum absolute atomic E-state index is 0.0115. The van der Waals surface area contributed by atoms with Crippen LogP contribution in [0.3, 0.4) is 0 Å². The van der Waals surface area contributed by atoms with Crippen LogP contribution in [-0.4, -0.2) is 10.2 Å². The monoisotopic (exact) mass is 259 g/mol. The first-order valence-electron chi connectivity index (χ1n) is 4.50. The summed E-state index contributed by atoms with van der Waals surface area (Å²) in [6.07, 6.45) is 1.58. The first-order chi connectivity index (χ1) is 7.63. The van der Waals surface area contributed by atoms with E-state index >= 15 is 0 Å². The number of rotatable bonds is 2. The first kappa shape index (κ1) is 11.4. The van der Waals surface area contributed by atoms with Crippen LogP contribution in [0.4, 0.5) is 4.39 Å². The van der Waals surface area contributed by atoms with E-state index in [2.05, 4.69) is 10.2 Å². The molecular weight excluding hydrogens is 252 g/mol. The lowest BCUT2D eigenvalue weighted by atomic mass is 10.1. The third-order valence-corrected chi connectivity index (χ3v) is 2.82. The number of hydrogen-bond acceptors (Lipinski definition) is 2. The summed E-state index contributed by atoms with van der Waals surface area (Å²) in [6, 6.07) is 2.62. The zero-order valence-corrected chi connectivity index (χ0v) is 9.61. The van der Waals surface area contributed by atoms with Gasteiger partial charge in [0.2, 0.25) is 0 Å². The van der Waals surface area contributed by atoms with Crippen molar-refractivity contribution in [2.24, 2.45) is 5.73 Å². The molecule has 16 heavy (non-hydrogen) atoms. The topological polar surface area (TPSA) is 54.7 Å². The van der Waals surface area contributed by atoms with Crippen molar-refractivity contribution in [2.45, 2.75) is 6.54 Å². The minimum Gasteiger partial charge on any atom is -0.326 e. The Balaban J connectivity index is 2.60. The molecule has 3 nitrogen and oxygen atoms in total. The smallest absolute Gasteiger partial charge is 0.142 e. The number of hydrogen-bond donors (Lipinski definition) is 2. The summed E-state index contributed by atoms with van der Waals surface area (Å²) in [5.74, 6) is -0.529. The largest absolute Gasteiger partial charge is 0.326 e. The van der Waals surface area contributed by atoms with Crippen LogP contribution >= 0.6 is 23.2 Å². The van der Waals surface area contributed by atoms with Gasteiger partial charge < -0.3 is 5.73 Å². The van der Waals surface area contributed by atoms with Gasteiger partial charge in [-0.3, -0.25) is 5.10 Å². The highest BCUT2D eigenvalue weighted by molar-refractivity contribution is 6.36. The van der Waals surface area contributed by atoms with Gasteiger partial charge in [0.25, 0.3) is 0 Å². The number of halogens is 3. The number of aromatic nitrogens is 2. The second-order valence-electron chi connectivity index (χ2n) is 3.22. The number of nitrogens with zero attached hydrogens (tertiary/aromatic N) is 1. The van der Waals surface area contributed by atoms with E-state index in [1.807, 2.05) is 0 Å². The lowest BCUT2D eigenvalue weighted by Gasteiger charge is -2.05. The van der Waals surface area contributed by atoms with Gasteiger partial charge in [0, 0.05) is 17.7 Å². The van der Waals surface area contributed by atoms with Crippen LogP contribution in [0.25, 0.3) is 11.3 Å². The van der Waals surface area contributed by atoms with Gasteiger partial charge in [-0.1, -0.05) is 23.2 Å². The van der Waals surface area contributed by atoms with E-state index in [1.165, 1.54) is 12.1 Å². The summed E-state index contributed by atoms with van der Waals surface area (Å²) in [5, 5.41) is 6.92. The molecule has 0 spiro atoms. The molecule has 0 aliphatic carbocycles. The molecule has 0 aliphatic rings. The molecule has 2 aromatic rings.